The van der Waals surface area contributed by atoms with Gasteiger partial charge in [-0.2, -0.15) is 0 Å². The Morgan fingerprint density at radius 2 is 2.14 bits per heavy atom. The van der Waals surface area contributed by atoms with Crippen LogP contribution in [-0.2, 0) is 4.79 Å². The van der Waals surface area contributed by atoms with Crippen LogP contribution in [0.3, 0.4) is 0 Å². The van der Waals surface area contributed by atoms with E-state index in [1.54, 1.807) is 18.2 Å². The van der Waals surface area contributed by atoms with Crippen molar-refractivity contribution in [3.63, 3.8) is 0 Å². The zero-order valence-electron chi connectivity index (χ0n) is 12.7. The maximum atomic E-state index is 12.4. The fourth-order valence-electron chi connectivity index (χ4n) is 2.78. The summed E-state index contributed by atoms with van der Waals surface area (Å²) >= 11 is 6.09. The quantitative estimate of drug-likeness (QED) is 0.838. The van der Waals surface area contributed by atoms with Gasteiger partial charge in [0.2, 0.25) is 5.91 Å². The van der Waals surface area contributed by atoms with E-state index < -0.39 is 0 Å². The van der Waals surface area contributed by atoms with Crippen molar-refractivity contribution >= 4 is 28.9 Å². The third kappa shape index (κ3) is 4.11. The molecule has 1 aliphatic heterocycles. The molecule has 0 aromatic heterocycles. The van der Waals surface area contributed by atoms with Crippen LogP contribution >= 0.6 is 11.6 Å². The highest BCUT2D eigenvalue weighted by Crippen LogP contribution is 2.25. The molecule has 1 aliphatic rings. The second-order valence-electron chi connectivity index (χ2n) is 5.79. The van der Waals surface area contributed by atoms with E-state index in [1.165, 1.54) is 19.3 Å². The van der Waals surface area contributed by atoms with E-state index in [0.29, 0.717) is 16.4 Å². The van der Waals surface area contributed by atoms with Gasteiger partial charge >= 0.3 is 0 Å². The molecule has 21 heavy (non-hydrogen) atoms. The fraction of sp³-hybridized carbons (Fsp3) is 0.562. The van der Waals surface area contributed by atoms with Crippen LogP contribution in [-0.4, -0.2) is 29.9 Å². The molecule has 1 aromatic carbocycles. The number of nitrogens with one attached hydrogen (secondary N) is 1. The number of nitrogens with zero attached hydrogens (tertiary/aromatic N) is 1. The lowest BCUT2D eigenvalue weighted by atomic mass is 9.93. The number of benzene rings is 1. The van der Waals surface area contributed by atoms with E-state index in [4.69, 9.17) is 17.3 Å². The van der Waals surface area contributed by atoms with Gasteiger partial charge in [0.25, 0.3) is 0 Å². The summed E-state index contributed by atoms with van der Waals surface area (Å²) in [6.45, 7) is 6.16. The molecule has 116 valence electrons. The lowest BCUT2D eigenvalue weighted by Crippen LogP contribution is -2.46. The molecule has 1 heterocycles. The van der Waals surface area contributed by atoms with Crippen molar-refractivity contribution in [2.24, 2.45) is 5.92 Å². The molecule has 1 fully saturated rings. The number of piperidine rings is 1. The molecule has 0 radical (unpaired) electrons. The van der Waals surface area contributed by atoms with Crippen LogP contribution < -0.4 is 11.1 Å². The molecule has 1 atom stereocenters. The number of nitrogens with two attached hydrogens (primary N) is 1. The minimum Gasteiger partial charge on any atom is -0.399 e. The summed E-state index contributed by atoms with van der Waals surface area (Å²) in [6.07, 6.45) is 3.59. The number of amides is 1. The molecule has 5 heteroatoms. The first kappa shape index (κ1) is 16.1. The van der Waals surface area contributed by atoms with Crippen LogP contribution in [0.2, 0.25) is 5.02 Å². The zero-order chi connectivity index (χ0) is 15.4. The SMILES string of the molecule is CCC1CCN(C(C)C(=O)Nc2ccc(N)cc2Cl)CC1. The van der Waals surface area contributed by atoms with Crippen LogP contribution in [0, 0.1) is 5.92 Å². The van der Waals surface area contributed by atoms with E-state index in [1.807, 2.05) is 6.92 Å². The Balaban J connectivity index is 1.93. The van der Waals surface area contributed by atoms with Crippen molar-refractivity contribution in [3.05, 3.63) is 23.2 Å². The van der Waals surface area contributed by atoms with E-state index in [0.717, 1.165) is 19.0 Å². The number of likely N-dealkylation sites (tertiary alicyclic amines) is 1. The van der Waals surface area contributed by atoms with Crippen LogP contribution in [0.15, 0.2) is 18.2 Å². The maximum Gasteiger partial charge on any atom is 0.241 e. The first-order chi connectivity index (χ1) is 10.0. The lowest BCUT2D eigenvalue weighted by molar-refractivity contribution is -0.121. The summed E-state index contributed by atoms with van der Waals surface area (Å²) in [6, 6.07) is 4.98. The van der Waals surface area contributed by atoms with Crippen LogP contribution in [0.4, 0.5) is 11.4 Å². The predicted molar refractivity (Wildman–Crippen MR) is 88.5 cm³/mol. The van der Waals surface area contributed by atoms with Gasteiger partial charge in [-0.1, -0.05) is 24.9 Å². The van der Waals surface area contributed by atoms with Crippen molar-refractivity contribution in [1.29, 1.82) is 0 Å². The smallest absolute Gasteiger partial charge is 0.241 e. The first-order valence-electron chi connectivity index (χ1n) is 7.61. The molecule has 0 bridgehead atoms. The van der Waals surface area contributed by atoms with E-state index in [-0.39, 0.29) is 11.9 Å². The van der Waals surface area contributed by atoms with Gasteiger partial charge in [0, 0.05) is 5.69 Å². The van der Waals surface area contributed by atoms with Gasteiger partial charge in [0.1, 0.15) is 0 Å². The van der Waals surface area contributed by atoms with Crippen molar-refractivity contribution in [1.82, 2.24) is 4.90 Å². The molecule has 0 aliphatic carbocycles. The van der Waals surface area contributed by atoms with Crippen LogP contribution in [0.1, 0.15) is 33.1 Å². The number of nitrogen functional groups attached to an aromatic ring is 1. The Kier molecular flexibility index (Phi) is 5.48. The van der Waals surface area contributed by atoms with Crippen molar-refractivity contribution in [3.8, 4) is 0 Å². The number of halogens is 1. The van der Waals surface area contributed by atoms with E-state index in [9.17, 15) is 4.79 Å². The summed E-state index contributed by atoms with van der Waals surface area (Å²) in [5.74, 6) is 0.791. The van der Waals surface area contributed by atoms with Gasteiger partial charge in [-0.05, 0) is 57.0 Å². The molecule has 1 saturated heterocycles. The fourth-order valence-corrected chi connectivity index (χ4v) is 3.02. The monoisotopic (exact) mass is 309 g/mol. The average molecular weight is 310 g/mol. The predicted octanol–water partition coefficient (Wildman–Crippen LogP) is 3.37. The number of hydrogen-bond acceptors (Lipinski definition) is 3. The summed E-state index contributed by atoms with van der Waals surface area (Å²) in [4.78, 5) is 14.6. The Labute approximate surface area is 131 Å². The highest BCUT2D eigenvalue weighted by molar-refractivity contribution is 6.34. The molecule has 4 nitrogen and oxygen atoms in total. The first-order valence-corrected chi connectivity index (χ1v) is 7.99. The second kappa shape index (κ2) is 7.14. The van der Waals surface area contributed by atoms with Crippen molar-refractivity contribution < 1.29 is 4.79 Å². The number of anilines is 2. The standard InChI is InChI=1S/C16H24ClN3O/c1-3-12-6-8-20(9-7-12)11(2)16(21)19-15-5-4-13(18)10-14(15)17/h4-5,10-12H,3,6-9,18H2,1-2H3,(H,19,21). The van der Waals surface area contributed by atoms with Gasteiger partial charge in [0.05, 0.1) is 16.8 Å². The highest BCUT2D eigenvalue weighted by atomic mass is 35.5. The van der Waals surface area contributed by atoms with E-state index in [2.05, 4.69) is 17.1 Å². The Bertz CT molecular complexity index is 498. The number of carbonyl (C=O) groups excluding carboxylic acids is 1. The molecule has 2 rings (SSSR count). The maximum absolute atomic E-state index is 12.4. The normalized spacial score (nSPS) is 18.4. The molecule has 1 unspecified atom stereocenters. The highest BCUT2D eigenvalue weighted by Gasteiger charge is 2.26. The average Bonchev–Trinajstić information content (AvgIpc) is 2.49. The third-order valence-corrected chi connectivity index (χ3v) is 4.72. The van der Waals surface area contributed by atoms with Crippen molar-refractivity contribution in [2.45, 2.75) is 39.2 Å². The van der Waals surface area contributed by atoms with Gasteiger partial charge in [-0.3, -0.25) is 9.69 Å². The summed E-state index contributed by atoms with van der Waals surface area (Å²) in [5, 5.41) is 3.36. The Morgan fingerprint density at radius 3 is 2.71 bits per heavy atom. The molecular weight excluding hydrogens is 286 g/mol. The topological polar surface area (TPSA) is 58.4 Å². The van der Waals surface area contributed by atoms with Crippen molar-refractivity contribution in [2.75, 3.05) is 24.1 Å². The largest absolute Gasteiger partial charge is 0.399 e. The Morgan fingerprint density at radius 1 is 1.48 bits per heavy atom. The van der Waals surface area contributed by atoms with Gasteiger partial charge in [-0.15, -0.1) is 0 Å². The molecule has 3 N–H and O–H groups in total. The minimum absolute atomic E-state index is 0.0170. The molecule has 0 saturated carbocycles. The van der Waals surface area contributed by atoms with Crippen LogP contribution in [0.5, 0.6) is 0 Å². The van der Waals surface area contributed by atoms with Gasteiger partial charge in [-0.25, -0.2) is 0 Å². The zero-order valence-corrected chi connectivity index (χ0v) is 13.5. The molecule has 1 aromatic rings. The molecular formula is C16H24ClN3O. The minimum atomic E-state index is -0.142. The summed E-state index contributed by atoms with van der Waals surface area (Å²) < 4.78 is 0. The summed E-state index contributed by atoms with van der Waals surface area (Å²) in [7, 11) is 0. The molecule has 0 spiro atoms. The number of carbonyl (C=O) groups is 1. The second-order valence-corrected chi connectivity index (χ2v) is 6.20. The number of rotatable bonds is 4. The molecule has 1 amide bonds. The Hall–Kier alpha value is -1.26. The lowest BCUT2D eigenvalue weighted by Gasteiger charge is -2.35. The number of hydrogen-bond donors (Lipinski definition) is 2. The summed E-state index contributed by atoms with van der Waals surface area (Å²) in [5.41, 5.74) is 6.86. The third-order valence-electron chi connectivity index (χ3n) is 4.40. The van der Waals surface area contributed by atoms with E-state index >= 15 is 0 Å². The van der Waals surface area contributed by atoms with Gasteiger partial charge < -0.3 is 11.1 Å². The van der Waals surface area contributed by atoms with Crippen LogP contribution in [0.25, 0.3) is 0 Å². The van der Waals surface area contributed by atoms with Gasteiger partial charge in [0.15, 0.2) is 0 Å².